The predicted octanol–water partition coefficient (Wildman–Crippen LogP) is 1.09. The third-order valence-corrected chi connectivity index (χ3v) is 2.52. The van der Waals surface area contributed by atoms with Gasteiger partial charge in [-0.25, -0.2) is 4.79 Å². The number of carbonyl (C=O) groups is 1. The van der Waals surface area contributed by atoms with Gasteiger partial charge in [-0.2, -0.15) is 4.98 Å². The third-order valence-electron chi connectivity index (χ3n) is 2.52. The lowest BCUT2D eigenvalue weighted by atomic mass is 10.1. The van der Waals surface area contributed by atoms with Crippen molar-refractivity contribution in [1.29, 1.82) is 0 Å². The Balaban J connectivity index is 2.04. The average molecular weight is 262 g/mol. The van der Waals surface area contributed by atoms with E-state index in [1.165, 1.54) is 13.5 Å². The number of carbonyl (C=O) groups excluding carboxylic acids is 1. The van der Waals surface area contributed by atoms with E-state index in [1.807, 2.05) is 0 Å². The van der Waals surface area contributed by atoms with Crippen LogP contribution in [0.25, 0.3) is 0 Å². The predicted molar refractivity (Wildman–Crippen MR) is 68.7 cm³/mol. The molecule has 0 atom stereocenters. The molecule has 0 saturated carbocycles. The molecule has 7 heteroatoms. The first kappa shape index (κ1) is 12.9. The van der Waals surface area contributed by atoms with E-state index in [-0.39, 0.29) is 0 Å². The van der Waals surface area contributed by atoms with E-state index in [1.54, 1.807) is 18.2 Å². The summed E-state index contributed by atoms with van der Waals surface area (Å²) in [6.07, 6.45) is 1.86. The van der Waals surface area contributed by atoms with Crippen molar-refractivity contribution in [1.82, 2.24) is 10.1 Å². The van der Waals surface area contributed by atoms with E-state index in [0.717, 1.165) is 0 Å². The molecule has 7 nitrogen and oxygen atoms in total. The monoisotopic (exact) mass is 262 g/mol. The highest BCUT2D eigenvalue weighted by atomic mass is 16.5. The Morgan fingerprint density at radius 2 is 2.37 bits per heavy atom. The number of methoxy groups -OCH3 is 1. The second-order valence-electron chi connectivity index (χ2n) is 3.82. The lowest BCUT2D eigenvalue weighted by Gasteiger charge is -2.10. The number of esters is 1. The van der Waals surface area contributed by atoms with Crippen LogP contribution < -0.4 is 11.1 Å². The molecule has 0 aliphatic carbocycles. The highest BCUT2D eigenvalue weighted by molar-refractivity contribution is 5.96. The number of nitrogen functional groups attached to an aromatic ring is 1. The van der Waals surface area contributed by atoms with E-state index in [0.29, 0.717) is 35.7 Å². The molecular formula is C12H14N4O3. The van der Waals surface area contributed by atoms with Crippen molar-refractivity contribution in [2.75, 3.05) is 24.7 Å². The van der Waals surface area contributed by atoms with E-state index in [2.05, 4.69) is 20.0 Å². The molecule has 1 aromatic carbocycles. The van der Waals surface area contributed by atoms with Gasteiger partial charge in [-0.3, -0.25) is 0 Å². The van der Waals surface area contributed by atoms with Crippen LogP contribution in [-0.4, -0.2) is 29.8 Å². The number of hydrogen-bond acceptors (Lipinski definition) is 7. The lowest BCUT2D eigenvalue weighted by molar-refractivity contribution is 0.0602. The number of nitrogens with two attached hydrogens (primary N) is 1. The van der Waals surface area contributed by atoms with Crippen molar-refractivity contribution in [2.24, 2.45) is 0 Å². The van der Waals surface area contributed by atoms with Crippen molar-refractivity contribution in [2.45, 2.75) is 6.42 Å². The first-order valence-electron chi connectivity index (χ1n) is 5.67. The molecule has 100 valence electrons. The van der Waals surface area contributed by atoms with Crippen molar-refractivity contribution in [3.05, 3.63) is 36.0 Å². The van der Waals surface area contributed by atoms with Crippen LogP contribution in [0.15, 0.2) is 29.1 Å². The quantitative estimate of drug-likeness (QED) is 0.614. The topological polar surface area (TPSA) is 103 Å². The molecule has 0 fully saturated rings. The van der Waals surface area contributed by atoms with Crippen molar-refractivity contribution in [3.8, 4) is 0 Å². The molecule has 2 rings (SSSR count). The molecule has 0 radical (unpaired) electrons. The fraction of sp³-hybridized carbons (Fsp3) is 0.250. The Morgan fingerprint density at radius 1 is 1.53 bits per heavy atom. The van der Waals surface area contributed by atoms with Crippen LogP contribution in [0.1, 0.15) is 16.2 Å². The first-order valence-corrected chi connectivity index (χ1v) is 5.67. The number of aromatic nitrogens is 2. The molecule has 0 aliphatic rings. The highest BCUT2D eigenvalue weighted by Gasteiger charge is 2.12. The van der Waals surface area contributed by atoms with Gasteiger partial charge >= 0.3 is 5.97 Å². The van der Waals surface area contributed by atoms with Gasteiger partial charge in [0.15, 0.2) is 5.82 Å². The van der Waals surface area contributed by atoms with Crippen molar-refractivity contribution < 1.29 is 14.1 Å². The van der Waals surface area contributed by atoms with E-state index in [9.17, 15) is 4.79 Å². The SMILES string of the molecule is COC(=O)c1cc(N)ccc1NCCc1ncon1. The molecule has 0 unspecified atom stereocenters. The minimum Gasteiger partial charge on any atom is -0.465 e. The summed E-state index contributed by atoms with van der Waals surface area (Å²) < 4.78 is 9.34. The van der Waals surface area contributed by atoms with Gasteiger partial charge in [-0.1, -0.05) is 5.16 Å². The number of anilines is 2. The van der Waals surface area contributed by atoms with E-state index in [4.69, 9.17) is 10.5 Å². The Hall–Kier alpha value is -2.57. The van der Waals surface area contributed by atoms with E-state index < -0.39 is 5.97 Å². The van der Waals surface area contributed by atoms with Crippen molar-refractivity contribution in [3.63, 3.8) is 0 Å². The van der Waals surface area contributed by atoms with Crippen LogP contribution in [-0.2, 0) is 11.2 Å². The molecule has 1 heterocycles. The second-order valence-corrected chi connectivity index (χ2v) is 3.82. The molecule has 1 aromatic heterocycles. The summed E-state index contributed by atoms with van der Waals surface area (Å²) >= 11 is 0. The fourth-order valence-electron chi connectivity index (χ4n) is 1.61. The summed E-state index contributed by atoms with van der Waals surface area (Å²) in [7, 11) is 1.33. The Morgan fingerprint density at radius 3 is 3.05 bits per heavy atom. The zero-order valence-corrected chi connectivity index (χ0v) is 10.4. The maximum atomic E-state index is 11.6. The third kappa shape index (κ3) is 3.21. The fourth-order valence-corrected chi connectivity index (χ4v) is 1.61. The van der Waals surface area contributed by atoms with Gasteiger partial charge in [0.05, 0.1) is 12.7 Å². The van der Waals surface area contributed by atoms with Crippen LogP contribution in [0.2, 0.25) is 0 Å². The van der Waals surface area contributed by atoms with Crippen LogP contribution in [0, 0.1) is 0 Å². The van der Waals surface area contributed by atoms with Crippen LogP contribution in [0.3, 0.4) is 0 Å². The molecule has 0 amide bonds. The minimum atomic E-state index is -0.436. The molecule has 3 N–H and O–H groups in total. The molecule has 19 heavy (non-hydrogen) atoms. The number of benzene rings is 1. The van der Waals surface area contributed by atoms with Gasteiger partial charge in [0.25, 0.3) is 0 Å². The van der Waals surface area contributed by atoms with Gasteiger partial charge < -0.3 is 20.3 Å². The van der Waals surface area contributed by atoms with Gasteiger partial charge in [-0.05, 0) is 18.2 Å². The zero-order chi connectivity index (χ0) is 13.7. The minimum absolute atomic E-state index is 0.399. The molecule has 0 bridgehead atoms. The molecule has 0 spiro atoms. The maximum absolute atomic E-state index is 11.6. The first-order chi connectivity index (χ1) is 9.20. The second kappa shape index (κ2) is 5.85. The number of ether oxygens (including phenoxy) is 1. The lowest BCUT2D eigenvalue weighted by Crippen LogP contribution is -2.11. The molecule has 0 aliphatic heterocycles. The van der Waals surface area contributed by atoms with Crippen molar-refractivity contribution >= 4 is 17.3 Å². The Labute approximate surface area is 109 Å². The van der Waals surface area contributed by atoms with Gasteiger partial charge in [-0.15, -0.1) is 0 Å². The van der Waals surface area contributed by atoms with Crippen LogP contribution >= 0.6 is 0 Å². The molecular weight excluding hydrogens is 248 g/mol. The highest BCUT2D eigenvalue weighted by Crippen LogP contribution is 2.19. The van der Waals surface area contributed by atoms with Gasteiger partial charge in [0.1, 0.15) is 0 Å². The molecule has 2 aromatic rings. The number of rotatable bonds is 5. The number of nitrogens with one attached hydrogen (secondary N) is 1. The summed E-state index contributed by atoms with van der Waals surface area (Å²) in [5, 5.41) is 6.81. The maximum Gasteiger partial charge on any atom is 0.340 e. The van der Waals surface area contributed by atoms with Gasteiger partial charge in [0.2, 0.25) is 6.39 Å². The summed E-state index contributed by atoms with van der Waals surface area (Å²) in [4.78, 5) is 15.5. The summed E-state index contributed by atoms with van der Waals surface area (Å²) in [6.45, 7) is 0.563. The van der Waals surface area contributed by atoms with Gasteiger partial charge in [0, 0.05) is 24.3 Å². The Bertz CT molecular complexity index is 554. The smallest absolute Gasteiger partial charge is 0.340 e. The summed E-state index contributed by atoms with van der Waals surface area (Å²) in [6, 6.07) is 5.02. The van der Waals surface area contributed by atoms with Crippen LogP contribution in [0.5, 0.6) is 0 Å². The molecule has 0 saturated heterocycles. The standard InChI is InChI=1S/C12H14N4O3/c1-18-12(17)9-6-8(13)2-3-10(9)14-5-4-11-15-7-19-16-11/h2-3,6-7,14H,4-5,13H2,1H3. The average Bonchev–Trinajstić information content (AvgIpc) is 2.92. The largest absolute Gasteiger partial charge is 0.465 e. The van der Waals surface area contributed by atoms with Crippen LogP contribution in [0.4, 0.5) is 11.4 Å². The van der Waals surface area contributed by atoms with E-state index >= 15 is 0 Å². The number of nitrogens with zero attached hydrogens (tertiary/aromatic N) is 2. The zero-order valence-electron chi connectivity index (χ0n) is 10.4. The number of hydrogen-bond donors (Lipinski definition) is 2. The summed E-state index contributed by atoms with van der Waals surface area (Å²) in [5.74, 6) is 0.164. The Kier molecular flexibility index (Phi) is 3.97. The summed E-state index contributed by atoms with van der Waals surface area (Å²) in [5.41, 5.74) is 7.22. The normalized spacial score (nSPS) is 10.2.